The zero-order valence-electron chi connectivity index (χ0n) is 21.6. The van der Waals surface area contributed by atoms with Crippen molar-refractivity contribution < 1.29 is 34.4 Å². The summed E-state index contributed by atoms with van der Waals surface area (Å²) >= 11 is 0. The van der Waals surface area contributed by atoms with E-state index in [0.29, 0.717) is 66.5 Å². The van der Waals surface area contributed by atoms with Crippen LogP contribution in [0.2, 0.25) is 0 Å². The number of nitrogens with two attached hydrogens (primary N) is 1. The van der Waals surface area contributed by atoms with Gasteiger partial charge in [0.1, 0.15) is 36.1 Å². The predicted molar refractivity (Wildman–Crippen MR) is 145 cm³/mol. The number of carbonyl (C=O) groups is 2. The van der Waals surface area contributed by atoms with E-state index in [-0.39, 0.29) is 13.0 Å². The van der Waals surface area contributed by atoms with Gasteiger partial charge in [0.25, 0.3) is 6.47 Å². The number of hydrogen-bond acceptors (Lipinski definition) is 12. The van der Waals surface area contributed by atoms with Gasteiger partial charge in [0.15, 0.2) is 35.2 Å². The molecule has 1 fully saturated rings. The van der Waals surface area contributed by atoms with Crippen molar-refractivity contribution in [2.24, 2.45) is 10.8 Å². The van der Waals surface area contributed by atoms with Crippen LogP contribution in [-0.2, 0) is 30.0 Å². The molecule has 3 heterocycles. The molecule has 1 saturated heterocycles. The third kappa shape index (κ3) is 8.68. The van der Waals surface area contributed by atoms with E-state index >= 15 is 0 Å². The van der Waals surface area contributed by atoms with Crippen molar-refractivity contribution in [3.63, 3.8) is 0 Å². The van der Waals surface area contributed by atoms with Gasteiger partial charge in [-0.2, -0.15) is 0 Å². The van der Waals surface area contributed by atoms with Crippen LogP contribution < -0.4 is 11.1 Å². The van der Waals surface area contributed by atoms with E-state index in [4.69, 9.17) is 25.8 Å². The highest BCUT2D eigenvalue weighted by Gasteiger charge is 2.47. The minimum Gasteiger partial charge on any atom is -0.481 e. The van der Waals surface area contributed by atoms with Crippen molar-refractivity contribution in [2.75, 3.05) is 35.7 Å². The summed E-state index contributed by atoms with van der Waals surface area (Å²) in [5.41, 5.74) is 14.9. The molecule has 0 spiro atoms. The first-order valence-corrected chi connectivity index (χ1v) is 14.2. The second-order valence-corrected chi connectivity index (χ2v) is 11.0. The molecule has 16 nitrogen and oxygen atoms in total. The molecule has 1 aliphatic heterocycles. The number of imidazole rings is 1. The Morgan fingerprint density at radius 2 is 2.20 bits per heavy atom. The predicted octanol–water partition coefficient (Wildman–Crippen LogP) is -0.108. The van der Waals surface area contributed by atoms with Crippen LogP contribution in [0.5, 0.6) is 0 Å². The fourth-order valence-corrected chi connectivity index (χ4v) is 5.99. The Morgan fingerprint density at radius 3 is 2.95 bits per heavy atom. The van der Waals surface area contributed by atoms with Crippen LogP contribution in [0.3, 0.4) is 0 Å². The number of aromatic nitrogens is 4. The highest BCUT2D eigenvalue weighted by molar-refractivity contribution is 7.97. The van der Waals surface area contributed by atoms with Gasteiger partial charge in [0, 0.05) is 41.7 Å². The third-order valence-corrected chi connectivity index (χ3v) is 8.11. The van der Waals surface area contributed by atoms with Crippen LogP contribution >= 0.6 is 0 Å². The van der Waals surface area contributed by atoms with Crippen LogP contribution in [0.15, 0.2) is 17.8 Å². The Bertz CT molecular complexity index is 1250. The lowest BCUT2D eigenvalue weighted by Gasteiger charge is -2.17. The zero-order chi connectivity index (χ0) is 28.9. The maximum Gasteiger partial charge on any atom is 0.305 e. The summed E-state index contributed by atoms with van der Waals surface area (Å²) in [7, 11) is -0.419. The number of hydrogen-bond donors (Lipinski definition) is 5. The van der Waals surface area contributed by atoms with E-state index in [1.807, 2.05) is 0 Å². The van der Waals surface area contributed by atoms with Gasteiger partial charge in [-0.3, -0.25) is 19.9 Å². The normalized spacial score (nSPS) is 21.6. The van der Waals surface area contributed by atoms with Gasteiger partial charge < -0.3 is 30.1 Å². The third-order valence-electron chi connectivity index (χ3n) is 5.95. The lowest BCUT2D eigenvalue weighted by atomic mass is 10.1. The van der Waals surface area contributed by atoms with Crippen molar-refractivity contribution in [1.29, 1.82) is 0 Å². The van der Waals surface area contributed by atoms with E-state index in [1.54, 1.807) is 0 Å². The molecule has 3 rings (SSSR count). The Kier molecular flexibility index (Phi) is 12.2. The van der Waals surface area contributed by atoms with Crippen molar-refractivity contribution in [3.8, 4) is 11.8 Å². The molecule has 17 heteroatoms. The second-order valence-electron chi connectivity index (χ2n) is 8.76. The van der Waals surface area contributed by atoms with Crippen LogP contribution in [0.1, 0.15) is 31.9 Å². The molecule has 3 unspecified atom stereocenters. The average Bonchev–Trinajstić information content (AvgIpc) is 3.48. The number of aliphatic hydroxyl groups excluding tert-OH is 2. The van der Waals surface area contributed by atoms with Gasteiger partial charge in [-0.1, -0.05) is 11.0 Å². The van der Waals surface area contributed by atoms with Gasteiger partial charge in [-0.15, -0.1) is 0 Å². The largest absolute Gasteiger partial charge is 0.481 e. The number of unbranched alkanes of at least 4 members (excludes halogenated alkanes) is 1. The summed E-state index contributed by atoms with van der Waals surface area (Å²) in [6, 6.07) is 0. The number of carboxylic acids is 1. The van der Waals surface area contributed by atoms with Crippen LogP contribution in [0.4, 0.5) is 5.82 Å². The second kappa shape index (κ2) is 15.8. The summed E-state index contributed by atoms with van der Waals surface area (Å²) in [5, 5.41) is 37.0. The van der Waals surface area contributed by atoms with Gasteiger partial charge >= 0.3 is 5.97 Å². The number of anilines is 1. The molecule has 0 saturated carbocycles. The number of ether oxygens (including phenoxy) is 2. The first-order chi connectivity index (χ1) is 19.3. The van der Waals surface area contributed by atoms with Gasteiger partial charge in [0.05, 0.1) is 12.7 Å². The number of azide groups is 1. The van der Waals surface area contributed by atoms with E-state index in [2.05, 4.69) is 42.1 Å². The quantitative estimate of drug-likeness (QED) is 0.0256. The van der Waals surface area contributed by atoms with Crippen LogP contribution in [0.25, 0.3) is 21.6 Å². The lowest BCUT2D eigenvalue weighted by Crippen LogP contribution is -2.37. The Morgan fingerprint density at radius 1 is 1.38 bits per heavy atom. The number of rotatable bonds is 16. The molecule has 2 aromatic rings. The summed E-state index contributed by atoms with van der Waals surface area (Å²) in [4.78, 5) is 36.8. The summed E-state index contributed by atoms with van der Waals surface area (Å²) in [5.74, 6) is 6.95. The SMILES string of the molecule is [N-]=[N+]=NCCCC#CC[S+](CCC(N)OC=O)C[C@H]1O[C@@H](n2cnc3c(NCCC(=O)O)ncnc32)[C@@H](O)C1O. The average molecular weight is 579 g/mol. The number of fused-ring (bicyclic) bond motifs is 1. The molecular formula is C23H32N9O7S+. The molecular weight excluding hydrogens is 546 g/mol. The molecule has 6 atom stereocenters. The fourth-order valence-electron chi connectivity index (χ4n) is 3.95. The first kappa shape index (κ1) is 30.9. The molecule has 6 N–H and O–H groups in total. The summed E-state index contributed by atoms with van der Waals surface area (Å²) in [6.07, 6.45) is -0.787. The molecule has 0 amide bonds. The van der Waals surface area contributed by atoms with Crippen LogP contribution in [0, 0.1) is 11.8 Å². The number of carbonyl (C=O) groups excluding carboxylic acids is 1. The maximum absolute atomic E-state index is 10.9. The molecule has 0 radical (unpaired) electrons. The maximum atomic E-state index is 10.9. The number of aliphatic hydroxyl groups is 2. The van der Waals surface area contributed by atoms with E-state index in [1.165, 1.54) is 17.2 Å². The molecule has 1 aliphatic rings. The molecule has 216 valence electrons. The molecule has 2 aromatic heterocycles. The van der Waals surface area contributed by atoms with Gasteiger partial charge in [-0.25, -0.2) is 15.0 Å². The van der Waals surface area contributed by atoms with Crippen molar-refractivity contribution in [1.82, 2.24) is 19.5 Å². The summed E-state index contributed by atoms with van der Waals surface area (Å²) in [6.45, 7) is 0.797. The summed E-state index contributed by atoms with van der Waals surface area (Å²) < 4.78 is 12.4. The number of nitrogens with zero attached hydrogens (tertiary/aromatic N) is 7. The number of aliphatic carboxylic acids is 1. The standard InChI is InChI=1S/C23H31N9O7S/c24-16(38-14-33)6-10-40(9-4-2-1-3-7-30-31-25)11-15-19(36)20(37)23(39-15)32-13-29-18-21(26-8-5-17(34)35)27-12-28-22(18)32/h12-16,19-20,23,36-37H,1,3,5-11,24H2,(H-,26,27,28,34,35)/p+1/t15-,16?,19?,20+,23-,40?/m1/s1. The molecule has 40 heavy (non-hydrogen) atoms. The topological polar surface area (TPSA) is 244 Å². The monoisotopic (exact) mass is 578 g/mol. The number of nitrogens with one attached hydrogen (secondary N) is 1. The Labute approximate surface area is 232 Å². The van der Waals surface area contributed by atoms with Crippen LogP contribution in [-0.4, -0.2) is 102 Å². The van der Waals surface area contributed by atoms with E-state index < -0.39 is 47.6 Å². The molecule has 0 bridgehead atoms. The highest BCUT2D eigenvalue weighted by Crippen LogP contribution is 2.33. The minimum atomic E-state index is -1.28. The highest BCUT2D eigenvalue weighted by atomic mass is 32.2. The minimum absolute atomic E-state index is 0.112. The fraction of sp³-hybridized carbons (Fsp3) is 0.609. The Hall–Kier alpha value is -3.65. The Balaban J connectivity index is 1.70. The molecule has 0 aliphatic carbocycles. The van der Waals surface area contributed by atoms with Crippen molar-refractivity contribution in [2.45, 2.75) is 56.5 Å². The van der Waals surface area contributed by atoms with Gasteiger partial charge in [-0.05, 0) is 17.9 Å². The van der Waals surface area contributed by atoms with Crippen molar-refractivity contribution >= 4 is 40.3 Å². The van der Waals surface area contributed by atoms with Crippen molar-refractivity contribution in [3.05, 3.63) is 23.1 Å². The number of carboxylic acid groups (broad SMARTS) is 1. The molecule has 0 aromatic carbocycles. The van der Waals surface area contributed by atoms with Gasteiger partial charge in [0.2, 0.25) is 0 Å². The first-order valence-electron chi connectivity index (χ1n) is 12.5. The van der Waals surface area contributed by atoms with E-state index in [9.17, 15) is 19.8 Å². The smallest absolute Gasteiger partial charge is 0.305 e. The zero-order valence-corrected chi connectivity index (χ0v) is 22.4. The lowest BCUT2D eigenvalue weighted by molar-refractivity contribution is -0.136. The van der Waals surface area contributed by atoms with E-state index in [0.717, 1.165) is 0 Å².